The molecule has 2 aromatic rings. The molecule has 2 heterocycles. The molecule has 122 valence electrons. The number of rotatable bonds is 4. The quantitative estimate of drug-likeness (QED) is 0.934. The van der Waals surface area contributed by atoms with E-state index in [-0.39, 0.29) is 18.6 Å². The zero-order valence-corrected chi connectivity index (χ0v) is 13.5. The summed E-state index contributed by atoms with van der Waals surface area (Å²) in [6.07, 6.45) is 2.63. The van der Waals surface area contributed by atoms with Crippen molar-refractivity contribution in [1.29, 1.82) is 0 Å². The van der Waals surface area contributed by atoms with Crippen LogP contribution < -0.4 is 0 Å². The van der Waals surface area contributed by atoms with Crippen LogP contribution in [0.25, 0.3) is 10.9 Å². The summed E-state index contributed by atoms with van der Waals surface area (Å²) < 4.78 is 0. The number of aliphatic hydroxyl groups excluding tert-OH is 1. The Morgan fingerprint density at radius 3 is 2.65 bits per heavy atom. The van der Waals surface area contributed by atoms with E-state index in [2.05, 4.69) is 16.8 Å². The van der Waals surface area contributed by atoms with Gasteiger partial charge in [0, 0.05) is 43.8 Å². The minimum Gasteiger partial charge on any atom is -0.395 e. The van der Waals surface area contributed by atoms with Crippen LogP contribution >= 0.6 is 0 Å². The number of piperazine rings is 1. The molecule has 5 heteroatoms. The van der Waals surface area contributed by atoms with E-state index >= 15 is 0 Å². The van der Waals surface area contributed by atoms with E-state index in [1.54, 1.807) is 12.3 Å². The van der Waals surface area contributed by atoms with Crippen LogP contribution in [-0.2, 0) is 0 Å². The normalized spacial score (nSPS) is 17.4. The largest absolute Gasteiger partial charge is 0.395 e. The highest BCUT2D eigenvalue weighted by Crippen LogP contribution is 2.19. The van der Waals surface area contributed by atoms with Crippen LogP contribution in [0.2, 0.25) is 0 Å². The Kier molecular flexibility index (Phi) is 4.88. The van der Waals surface area contributed by atoms with E-state index in [9.17, 15) is 9.90 Å². The molecule has 1 unspecified atom stereocenters. The van der Waals surface area contributed by atoms with Gasteiger partial charge in [0.1, 0.15) is 0 Å². The highest BCUT2D eigenvalue weighted by atomic mass is 16.3. The molecule has 23 heavy (non-hydrogen) atoms. The van der Waals surface area contributed by atoms with Crippen LogP contribution in [-0.4, -0.2) is 64.6 Å². The maximum atomic E-state index is 12.9. The number of pyridine rings is 1. The fraction of sp³-hybridized carbons (Fsp3) is 0.444. The van der Waals surface area contributed by atoms with Crippen LogP contribution in [0, 0.1) is 0 Å². The molecule has 0 spiro atoms. The zero-order chi connectivity index (χ0) is 16.2. The molecule has 0 bridgehead atoms. The summed E-state index contributed by atoms with van der Waals surface area (Å²) in [5.41, 5.74) is 1.57. The molecule has 1 aliphatic rings. The molecule has 1 N–H and O–H groups in total. The molecule has 0 radical (unpaired) electrons. The number of benzene rings is 1. The maximum absolute atomic E-state index is 12.9. The van der Waals surface area contributed by atoms with Crippen LogP contribution in [0.4, 0.5) is 0 Å². The van der Waals surface area contributed by atoms with E-state index in [0.717, 1.165) is 36.0 Å². The lowest BCUT2D eigenvalue weighted by molar-refractivity contribution is 0.0474. The highest BCUT2D eigenvalue weighted by Gasteiger charge is 2.26. The minimum absolute atomic E-state index is 0.0697. The van der Waals surface area contributed by atoms with Crippen molar-refractivity contribution in [3.05, 3.63) is 42.1 Å². The smallest absolute Gasteiger partial charge is 0.254 e. The van der Waals surface area contributed by atoms with E-state index in [0.29, 0.717) is 13.1 Å². The number of fused-ring (bicyclic) bond motifs is 1. The van der Waals surface area contributed by atoms with Gasteiger partial charge in [0.2, 0.25) is 0 Å². The number of nitrogens with zero attached hydrogens (tertiary/aromatic N) is 3. The number of para-hydroxylation sites is 1. The van der Waals surface area contributed by atoms with Crippen molar-refractivity contribution in [3.63, 3.8) is 0 Å². The van der Waals surface area contributed by atoms with Crippen LogP contribution in [0.5, 0.6) is 0 Å². The first-order valence-electron chi connectivity index (χ1n) is 8.22. The van der Waals surface area contributed by atoms with Gasteiger partial charge in [0.05, 0.1) is 17.7 Å². The van der Waals surface area contributed by atoms with Crippen molar-refractivity contribution >= 4 is 16.8 Å². The van der Waals surface area contributed by atoms with Gasteiger partial charge in [-0.25, -0.2) is 0 Å². The van der Waals surface area contributed by atoms with Gasteiger partial charge in [0.25, 0.3) is 5.91 Å². The number of carbonyl (C=O) groups is 1. The van der Waals surface area contributed by atoms with Gasteiger partial charge < -0.3 is 10.0 Å². The fourth-order valence-corrected chi connectivity index (χ4v) is 3.25. The second-order valence-corrected chi connectivity index (χ2v) is 5.95. The Morgan fingerprint density at radius 2 is 1.96 bits per heavy atom. The SMILES string of the molecule is CCC(CO)N1CCN(C(=O)c2ccnc3ccccc23)CC1. The Bertz CT molecular complexity index is 672. The third-order valence-electron chi connectivity index (χ3n) is 4.68. The van der Waals surface area contributed by atoms with Gasteiger partial charge >= 0.3 is 0 Å². The first-order chi connectivity index (χ1) is 11.2. The molecule has 3 rings (SSSR count). The van der Waals surface area contributed by atoms with Crippen molar-refractivity contribution in [2.45, 2.75) is 19.4 Å². The third-order valence-corrected chi connectivity index (χ3v) is 4.68. The Balaban J connectivity index is 1.74. The number of hydrogen-bond donors (Lipinski definition) is 1. The van der Waals surface area contributed by atoms with Crippen molar-refractivity contribution in [3.8, 4) is 0 Å². The van der Waals surface area contributed by atoms with Crippen LogP contribution in [0.1, 0.15) is 23.7 Å². The van der Waals surface area contributed by atoms with Gasteiger partial charge in [-0.2, -0.15) is 0 Å². The average Bonchev–Trinajstić information content (AvgIpc) is 2.62. The Labute approximate surface area is 136 Å². The number of aliphatic hydroxyl groups is 1. The predicted octanol–water partition coefficient (Wildman–Crippen LogP) is 1.76. The molecular formula is C18H23N3O2. The van der Waals surface area contributed by atoms with E-state index in [1.807, 2.05) is 29.2 Å². The Hall–Kier alpha value is -1.98. The lowest BCUT2D eigenvalue weighted by atomic mass is 10.1. The molecule has 1 saturated heterocycles. The topological polar surface area (TPSA) is 56.7 Å². The zero-order valence-electron chi connectivity index (χ0n) is 13.5. The van der Waals surface area contributed by atoms with Crippen LogP contribution in [0.3, 0.4) is 0 Å². The number of carbonyl (C=O) groups excluding carboxylic acids is 1. The summed E-state index contributed by atoms with van der Waals surface area (Å²) in [7, 11) is 0. The maximum Gasteiger partial charge on any atom is 0.254 e. The lowest BCUT2D eigenvalue weighted by Gasteiger charge is -2.38. The highest BCUT2D eigenvalue weighted by molar-refractivity contribution is 6.05. The molecule has 1 fully saturated rings. The minimum atomic E-state index is 0.0697. The fourth-order valence-electron chi connectivity index (χ4n) is 3.25. The standard InChI is InChI=1S/C18H23N3O2/c1-2-14(13-22)20-9-11-21(12-10-20)18(23)16-7-8-19-17-6-4-3-5-15(16)17/h3-8,14,22H,2,9-13H2,1H3. The van der Waals surface area contributed by atoms with Gasteiger partial charge in [-0.1, -0.05) is 25.1 Å². The second kappa shape index (κ2) is 7.06. The summed E-state index contributed by atoms with van der Waals surface area (Å²) in [6, 6.07) is 9.75. The molecule has 5 nitrogen and oxygen atoms in total. The number of amides is 1. The molecular weight excluding hydrogens is 290 g/mol. The van der Waals surface area contributed by atoms with Gasteiger partial charge in [0.15, 0.2) is 0 Å². The number of hydrogen-bond acceptors (Lipinski definition) is 4. The first-order valence-corrected chi connectivity index (χ1v) is 8.22. The van der Waals surface area contributed by atoms with Gasteiger partial charge in [-0.05, 0) is 18.6 Å². The lowest BCUT2D eigenvalue weighted by Crippen LogP contribution is -2.52. The van der Waals surface area contributed by atoms with Crippen LogP contribution in [0.15, 0.2) is 36.5 Å². The molecule has 0 saturated carbocycles. The van der Waals surface area contributed by atoms with E-state index in [1.165, 1.54) is 0 Å². The van der Waals surface area contributed by atoms with Crippen molar-refractivity contribution in [1.82, 2.24) is 14.8 Å². The third kappa shape index (κ3) is 3.21. The van der Waals surface area contributed by atoms with Crippen molar-refractivity contribution in [2.24, 2.45) is 0 Å². The van der Waals surface area contributed by atoms with Gasteiger partial charge in [-0.15, -0.1) is 0 Å². The second-order valence-electron chi connectivity index (χ2n) is 5.95. The first kappa shape index (κ1) is 15.9. The Morgan fingerprint density at radius 1 is 1.22 bits per heavy atom. The summed E-state index contributed by atoms with van der Waals surface area (Å²) in [6.45, 7) is 5.29. The predicted molar refractivity (Wildman–Crippen MR) is 90.4 cm³/mol. The summed E-state index contributed by atoms with van der Waals surface area (Å²) >= 11 is 0. The van der Waals surface area contributed by atoms with Crippen molar-refractivity contribution in [2.75, 3.05) is 32.8 Å². The molecule has 1 amide bonds. The summed E-state index contributed by atoms with van der Waals surface area (Å²) in [4.78, 5) is 21.4. The molecule has 1 atom stereocenters. The summed E-state index contributed by atoms with van der Waals surface area (Å²) in [5.74, 6) is 0.0697. The van der Waals surface area contributed by atoms with Crippen molar-refractivity contribution < 1.29 is 9.90 Å². The molecule has 1 aromatic heterocycles. The summed E-state index contributed by atoms with van der Waals surface area (Å²) in [5, 5.41) is 10.3. The van der Waals surface area contributed by atoms with Gasteiger partial charge in [-0.3, -0.25) is 14.7 Å². The monoisotopic (exact) mass is 313 g/mol. The average molecular weight is 313 g/mol. The molecule has 1 aromatic carbocycles. The molecule has 0 aliphatic carbocycles. The number of aromatic nitrogens is 1. The van der Waals surface area contributed by atoms with E-state index in [4.69, 9.17) is 0 Å². The van der Waals surface area contributed by atoms with E-state index < -0.39 is 0 Å². The molecule has 1 aliphatic heterocycles.